The maximum Gasteiger partial charge on any atom is 0.302 e. The third-order valence-electron chi connectivity index (χ3n) is 6.35. The zero-order chi connectivity index (χ0) is 18.7. The van der Waals surface area contributed by atoms with Crippen LogP contribution in [0, 0.1) is 11.3 Å². The third-order valence-corrected chi connectivity index (χ3v) is 6.35. The van der Waals surface area contributed by atoms with Gasteiger partial charge in [-0.3, -0.25) is 4.79 Å². The number of carbonyl (C=O) groups excluding carboxylic acids is 1. The Bertz CT molecular complexity index is 543. The smallest absolute Gasteiger partial charge is 0.302 e. The summed E-state index contributed by atoms with van der Waals surface area (Å²) in [6.45, 7) is 10.1. The van der Waals surface area contributed by atoms with Crippen LogP contribution in [0.15, 0.2) is 23.3 Å². The van der Waals surface area contributed by atoms with E-state index in [0.29, 0.717) is 6.42 Å². The largest absolute Gasteiger partial charge is 0.462 e. The summed E-state index contributed by atoms with van der Waals surface area (Å²) in [5.74, 6) is -0.0334. The zero-order valence-electron chi connectivity index (χ0n) is 16.7. The van der Waals surface area contributed by atoms with Crippen molar-refractivity contribution in [3.63, 3.8) is 0 Å². The Balaban J connectivity index is 2.31. The topological polar surface area (TPSA) is 46.5 Å². The Morgan fingerprint density at radius 1 is 1.16 bits per heavy atom. The summed E-state index contributed by atoms with van der Waals surface area (Å²) in [5, 5.41) is 11.2. The summed E-state index contributed by atoms with van der Waals surface area (Å²) in [6, 6.07) is 0. The molecule has 3 nitrogen and oxygen atoms in total. The average molecular weight is 349 g/mol. The molecule has 0 saturated heterocycles. The maximum absolute atomic E-state index is 11.7. The SMILES string of the molecule is CC(=O)O[C@H]1C[C@H]2CC/C(C)=C/CC/C(C)=C/CC[C@@]1(C)C[C@]2(C)O. The van der Waals surface area contributed by atoms with Crippen molar-refractivity contribution in [2.45, 2.75) is 97.7 Å². The van der Waals surface area contributed by atoms with Gasteiger partial charge in [0.05, 0.1) is 5.60 Å². The fourth-order valence-corrected chi connectivity index (χ4v) is 4.74. The number of hydrogen-bond donors (Lipinski definition) is 1. The molecule has 0 radical (unpaired) electrons. The van der Waals surface area contributed by atoms with E-state index in [-0.39, 0.29) is 23.4 Å². The van der Waals surface area contributed by atoms with Crippen LogP contribution in [0.25, 0.3) is 0 Å². The standard InChI is InChI=1S/C22H36O3/c1-16-8-6-9-17(2)11-12-19-14-20(25-18(3)23)21(4,13-7-10-16)15-22(19,5)24/h9-10,19-20,24H,6-8,11-15H2,1-5H3/b16-10+,17-9+/t19-,20+,21+,22+/m1/s1. The van der Waals surface area contributed by atoms with Gasteiger partial charge in [-0.05, 0) is 78.1 Å². The van der Waals surface area contributed by atoms with Gasteiger partial charge in [-0.1, -0.05) is 30.2 Å². The highest BCUT2D eigenvalue weighted by Gasteiger charge is 2.50. The van der Waals surface area contributed by atoms with Gasteiger partial charge in [-0.15, -0.1) is 0 Å². The predicted octanol–water partition coefficient (Wildman–Crippen LogP) is 5.33. The molecule has 142 valence electrons. The summed E-state index contributed by atoms with van der Waals surface area (Å²) >= 11 is 0. The van der Waals surface area contributed by atoms with Crippen LogP contribution in [0.3, 0.4) is 0 Å². The van der Waals surface area contributed by atoms with E-state index in [9.17, 15) is 9.90 Å². The molecule has 3 heteroatoms. The molecule has 0 aliphatic heterocycles. The highest BCUT2D eigenvalue weighted by molar-refractivity contribution is 5.66. The van der Waals surface area contributed by atoms with Crippen LogP contribution < -0.4 is 0 Å². The van der Waals surface area contributed by atoms with E-state index in [2.05, 4.69) is 32.9 Å². The van der Waals surface area contributed by atoms with Gasteiger partial charge in [0.15, 0.2) is 0 Å². The van der Waals surface area contributed by atoms with E-state index < -0.39 is 5.60 Å². The summed E-state index contributed by atoms with van der Waals surface area (Å²) < 4.78 is 5.75. The molecule has 0 aromatic heterocycles. The highest BCUT2D eigenvalue weighted by Crippen LogP contribution is 2.50. The predicted molar refractivity (Wildman–Crippen MR) is 102 cm³/mol. The van der Waals surface area contributed by atoms with Gasteiger partial charge in [0, 0.05) is 12.3 Å². The number of aliphatic hydroxyl groups is 1. The van der Waals surface area contributed by atoms with Crippen LogP contribution in [-0.4, -0.2) is 22.8 Å². The van der Waals surface area contributed by atoms with Gasteiger partial charge in [0.2, 0.25) is 0 Å². The molecule has 0 aromatic carbocycles. The molecule has 2 bridgehead atoms. The molecule has 25 heavy (non-hydrogen) atoms. The first-order valence-corrected chi connectivity index (χ1v) is 9.83. The summed E-state index contributed by atoms with van der Waals surface area (Å²) in [6.07, 6.45) is 12.1. The number of esters is 1. The van der Waals surface area contributed by atoms with Crippen molar-refractivity contribution in [2.24, 2.45) is 11.3 Å². The van der Waals surface area contributed by atoms with E-state index in [0.717, 1.165) is 44.9 Å². The second kappa shape index (κ2) is 8.07. The van der Waals surface area contributed by atoms with Crippen molar-refractivity contribution >= 4 is 5.97 Å². The normalized spacial score (nSPS) is 41.8. The Morgan fingerprint density at radius 2 is 1.80 bits per heavy atom. The quantitative estimate of drug-likeness (QED) is 0.514. The Morgan fingerprint density at radius 3 is 2.48 bits per heavy atom. The molecule has 3 rings (SSSR count). The summed E-state index contributed by atoms with van der Waals surface area (Å²) in [5.41, 5.74) is 1.96. The first kappa shape index (κ1) is 20.2. The number of fused-ring (bicyclic) bond motifs is 9. The minimum absolute atomic E-state index is 0.101. The van der Waals surface area contributed by atoms with Crippen LogP contribution in [0.1, 0.15) is 86.0 Å². The third kappa shape index (κ3) is 5.44. The van der Waals surface area contributed by atoms with Gasteiger partial charge in [-0.25, -0.2) is 0 Å². The Labute approximate surface area is 153 Å². The molecule has 3 aliphatic carbocycles. The lowest BCUT2D eigenvalue weighted by molar-refractivity contribution is -0.176. The molecule has 1 fully saturated rings. The van der Waals surface area contributed by atoms with Gasteiger partial charge < -0.3 is 9.84 Å². The molecule has 0 spiro atoms. The van der Waals surface area contributed by atoms with Crippen molar-refractivity contribution in [1.82, 2.24) is 0 Å². The van der Waals surface area contributed by atoms with Crippen LogP contribution in [0.5, 0.6) is 0 Å². The number of allylic oxidation sites excluding steroid dienone is 4. The lowest BCUT2D eigenvalue weighted by Crippen LogP contribution is -2.53. The van der Waals surface area contributed by atoms with E-state index in [1.54, 1.807) is 0 Å². The van der Waals surface area contributed by atoms with Gasteiger partial charge in [-0.2, -0.15) is 0 Å². The molecule has 0 aromatic rings. The lowest BCUT2D eigenvalue weighted by Gasteiger charge is -2.51. The second-order valence-corrected chi connectivity index (χ2v) is 8.94. The minimum atomic E-state index is -0.700. The molecular formula is C22H36O3. The van der Waals surface area contributed by atoms with Crippen molar-refractivity contribution in [3.05, 3.63) is 23.3 Å². The van der Waals surface area contributed by atoms with E-state index >= 15 is 0 Å². The molecule has 0 amide bonds. The first-order chi connectivity index (χ1) is 11.6. The van der Waals surface area contributed by atoms with Gasteiger partial charge in [0.25, 0.3) is 0 Å². The minimum Gasteiger partial charge on any atom is -0.462 e. The van der Waals surface area contributed by atoms with Crippen LogP contribution in [0.4, 0.5) is 0 Å². The lowest BCUT2D eigenvalue weighted by atomic mass is 9.60. The molecule has 0 heterocycles. The van der Waals surface area contributed by atoms with Crippen molar-refractivity contribution in [3.8, 4) is 0 Å². The Kier molecular flexibility index (Phi) is 6.53. The molecule has 1 saturated carbocycles. The summed E-state index contributed by atoms with van der Waals surface area (Å²) in [7, 11) is 0. The number of ether oxygens (including phenoxy) is 1. The maximum atomic E-state index is 11.7. The van der Waals surface area contributed by atoms with Crippen LogP contribution in [0.2, 0.25) is 0 Å². The fourth-order valence-electron chi connectivity index (χ4n) is 4.74. The molecule has 3 aliphatic rings. The number of rotatable bonds is 1. The van der Waals surface area contributed by atoms with E-state index in [1.807, 2.05) is 6.92 Å². The number of carbonyl (C=O) groups is 1. The average Bonchev–Trinajstić information content (AvgIpc) is 2.47. The van der Waals surface area contributed by atoms with Crippen molar-refractivity contribution in [2.75, 3.05) is 0 Å². The fraction of sp³-hybridized carbons (Fsp3) is 0.773. The van der Waals surface area contributed by atoms with Crippen LogP contribution >= 0.6 is 0 Å². The number of hydrogen-bond acceptors (Lipinski definition) is 3. The van der Waals surface area contributed by atoms with Gasteiger partial charge >= 0.3 is 5.97 Å². The monoisotopic (exact) mass is 348 g/mol. The zero-order valence-corrected chi connectivity index (χ0v) is 16.7. The van der Waals surface area contributed by atoms with Crippen LogP contribution in [-0.2, 0) is 9.53 Å². The molecule has 4 atom stereocenters. The van der Waals surface area contributed by atoms with Crippen molar-refractivity contribution < 1.29 is 14.6 Å². The highest BCUT2D eigenvalue weighted by atomic mass is 16.5. The van der Waals surface area contributed by atoms with E-state index in [4.69, 9.17) is 4.74 Å². The molecule has 1 N–H and O–H groups in total. The van der Waals surface area contributed by atoms with Crippen molar-refractivity contribution in [1.29, 1.82) is 0 Å². The molecule has 0 unspecified atom stereocenters. The molecular weight excluding hydrogens is 312 g/mol. The Hall–Kier alpha value is -1.09. The second-order valence-electron chi connectivity index (χ2n) is 8.94. The first-order valence-electron chi connectivity index (χ1n) is 9.83. The van der Waals surface area contributed by atoms with Gasteiger partial charge in [0.1, 0.15) is 6.10 Å². The summed E-state index contributed by atoms with van der Waals surface area (Å²) in [4.78, 5) is 11.7. The van der Waals surface area contributed by atoms with E-state index in [1.165, 1.54) is 18.1 Å².